The molecule has 2 N–H and O–H groups in total. The van der Waals surface area contributed by atoms with Crippen LogP contribution in [-0.2, 0) is 0 Å². The average molecular weight is 340 g/mol. The summed E-state index contributed by atoms with van der Waals surface area (Å²) in [6.45, 7) is 0. The lowest BCUT2D eigenvalue weighted by Gasteiger charge is -1.96. The molecule has 0 atom stereocenters. The Balaban J connectivity index is 2.00. The molecular weight excluding hydrogens is 330 g/mol. The van der Waals surface area contributed by atoms with Crippen molar-refractivity contribution in [1.82, 2.24) is 4.98 Å². The van der Waals surface area contributed by atoms with Crippen LogP contribution in [0.4, 0.5) is 5.69 Å². The van der Waals surface area contributed by atoms with Crippen LogP contribution in [0.5, 0.6) is 5.88 Å². The minimum atomic E-state index is 0.158. The van der Waals surface area contributed by atoms with Gasteiger partial charge >= 0.3 is 0 Å². The molecule has 1 aromatic heterocycles. The molecule has 102 valence electrons. The Morgan fingerprint density at radius 2 is 2.10 bits per heavy atom. The first-order chi connectivity index (χ1) is 10.2. The number of fused-ring (bicyclic) bond motifs is 2. The van der Waals surface area contributed by atoms with Gasteiger partial charge in [-0.05, 0) is 29.5 Å². The van der Waals surface area contributed by atoms with Gasteiger partial charge in [-0.3, -0.25) is 0 Å². The van der Waals surface area contributed by atoms with Gasteiger partial charge in [0.05, 0.1) is 17.4 Å². The number of nitrogens with one attached hydrogen (secondary N) is 1. The lowest BCUT2D eigenvalue weighted by Crippen LogP contribution is -2.06. The van der Waals surface area contributed by atoms with E-state index in [2.05, 4.69) is 31.1 Å². The summed E-state index contributed by atoms with van der Waals surface area (Å²) in [5, 5.41) is 21.1. The van der Waals surface area contributed by atoms with Crippen molar-refractivity contribution in [3.63, 3.8) is 0 Å². The number of halogens is 1. The van der Waals surface area contributed by atoms with Gasteiger partial charge in [-0.2, -0.15) is 10.2 Å². The zero-order valence-electron chi connectivity index (χ0n) is 10.8. The van der Waals surface area contributed by atoms with E-state index in [4.69, 9.17) is 0 Å². The predicted molar refractivity (Wildman–Crippen MR) is 85.9 cm³/mol. The number of hydrogen-bond donors (Lipinski definition) is 2. The van der Waals surface area contributed by atoms with Crippen molar-refractivity contribution in [2.24, 2.45) is 10.2 Å². The first kappa shape index (κ1) is 12.3. The lowest BCUT2D eigenvalue weighted by atomic mass is 10.1. The molecule has 1 aliphatic heterocycles. The third kappa shape index (κ3) is 1.97. The monoisotopic (exact) mass is 339 g/mol. The van der Waals surface area contributed by atoms with Gasteiger partial charge in [-0.15, -0.1) is 0 Å². The highest BCUT2D eigenvalue weighted by molar-refractivity contribution is 9.10. The van der Waals surface area contributed by atoms with E-state index < -0.39 is 0 Å². The number of hydrogen-bond acceptors (Lipinski definition) is 3. The minimum absolute atomic E-state index is 0.158. The third-order valence-electron chi connectivity index (χ3n) is 3.52. The molecule has 0 unspecified atom stereocenters. The minimum Gasteiger partial charge on any atom is -0.494 e. The molecule has 0 radical (unpaired) electrons. The SMILES string of the molecule is Oc1[nH]c2cccc(Br)c2c1C=c1ccc2c(c1)N=NC=2. The van der Waals surface area contributed by atoms with Crippen LogP contribution in [-0.4, -0.2) is 10.1 Å². The molecule has 3 aromatic rings. The normalized spacial score (nSPS) is 13.7. The highest BCUT2D eigenvalue weighted by Crippen LogP contribution is 2.33. The molecule has 2 heterocycles. The van der Waals surface area contributed by atoms with Crippen molar-refractivity contribution < 1.29 is 5.11 Å². The number of aromatic hydroxyl groups is 1. The highest BCUT2D eigenvalue weighted by atomic mass is 79.9. The smallest absolute Gasteiger partial charge is 0.196 e. The van der Waals surface area contributed by atoms with Crippen LogP contribution in [0.15, 0.2) is 51.1 Å². The Bertz CT molecular complexity index is 1020. The molecule has 4 nitrogen and oxygen atoms in total. The molecule has 5 heteroatoms. The highest BCUT2D eigenvalue weighted by Gasteiger charge is 2.11. The molecule has 0 amide bonds. The molecule has 0 saturated carbocycles. The number of rotatable bonds is 1. The molecule has 4 rings (SSSR count). The Kier molecular flexibility index (Phi) is 2.68. The lowest BCUT2D eigenvalue weighted by molar-refractivity contribution is 0.457. The predicted octanol–water partition coefficient (Wildman–Crippen LogP) is 3.30. The second-order valence-electron chi connectivity index (χ2n) is 4.86. The van der Waals surface area contributed by atoms with Crippen molar-refractivity contribution in [3.8, 4) is 5.88 Å². The number of benzene rings is 2. The molecule has 21 heavy (non-hydrogen) atoms. The van der Waals surface area contributed by atoms with E-state index in [1.54, 1.807) is 6.20 Å². The molecule has 0 aliphatic carbocycles. The van der Waals surface area contributed by atoms with Gasteiger partial charge in [0.1, 0.15) is 0 Å². The van der Waals surface area contributed by atoms with E-state index in [-0.39, 0.29) is 5.88 Å². The average Bonchev–Trinajstić information content (AvgIpc) is 3.04. The summed E-state index contributed by atoms with van der Waals surface area (Å²) in [7, 11) is 0. The maximum absolute atomic E-state index is 10.2. The topological polar surface area (TPSA) is 60.7 Å². The van der Waals surface area contributed by atoms with Crippen LogP contribution >= 0.6 is 15.9 Å². The summed E-state index contributed by atoms with van der Waals surface area (Å²) >= 11 is 3.53. The van der Waals surface area contributed by atoms with Gasteiger partial charge in [-0.25, -0.2) is 0 Å². The zero-order chi connectivity index (χ0) is 14.4. The Hall–Kier alpha value is -2.40. The van der Waals surface area contributed by atoms with Gasteiger partial charge in [0.15, 0.2) is 5.88 Å². The first-order valence-electron chi connectivity index (χ1n) is 6.44. The summed E-state index contributed by atoms with van der Waals surface area (Å²) in [5.74, 6) is 0.158. The second kappa shape index (κ2) is 4.56. The van der Waals surface area contributed by atoms with E-state index >= 15 is 0 Å². The largest absolute Gasteiger partial charge is 0.494 e. The quantitative estimate of drug-likeness (QED) is 0.702. The fourth-order valence-electron chi connectivity index (χ4n) is 2.52. The molecule has 2 aromatic carbocycles. The van der Waals surface area contributed by atoms with Crippen LogP contribution in [0.3, 0.4) is 0 Å². The number of azo groups is 1. The molecule has 0 spiro atoms. The van der Waals surface area contributed by atoms with E-state index in [1.165, 1.54) is 0 Å². The number of H-pyrrole nitrogens is 1. The molecule has 0 bridgehead atoms. The summed E-state index contributed by atoms with van der Waals surface area (Å²) in [6.07, 6.45) is 3.67. The van der Waals surface area contributed by atoms with E-state index in [9.17, 15) is 5.11 Å². The molecule has 1 aliphatic rings. The molecule has 0 saturated heterocycles. The van der Waals surface area contributed by atoms with Crippen molar-refractivity contribution in [2.45, 2.75) is 0 Å². The standard InChI is InChI=1S/C16H10BrN3O/c17-12-2-1-3-13-15(12)11(16(21)19-13)6-9-4-5-10-8-18-20-14(10)7-9/h1-8,19,21H. The molecule has 0 fully saturated rings. The summed E-state index contributed by atoms with van der Waals surface area (Å²) < 4.78 is 0.942. The van der Waals surface area contributed by atoms with Crippen LogP contribution < -0.4 is 10.4 Å². The third-order valence-corrected chi connectivity index (χ3v) is 4.18. The van der Waals surface area contributed by atoms with Gasteiger partial charge in [0, 0.05) is 20.6 Å². The Labute approximate surface area is 128 Å². The maximum atomic E-state index is 10.2. The van der Waals surface area contributed by atoms with Gasteiger partial charge in [-0.1, -0.05) is 34.1 Å². The number of nitrogens with zero attached hydrogens (tertiary/aromatic N) is 2. The van der Waals surface area contributed by atoms with Crippen molar-refractivity contribution in [2.75, 3.05) is 0 Å². The van der Waals surface area contributed by atoms with Gasteiger partial charge in [0.25, 0.3) is 0 Å². The first-order valence-corrected chi connectivity index (χ1v) is 7.24. The van der Waals surface area contributed by atoms with E-state index in [0.29, 0.717) is 0 Å². The molecular formula is C16H10BrN3O. The number of aromatic amines is 1. The van der Waals surface area contributed by atoms with Crippen LogP contribution in [0.2, 0.25) is 0 Å². The zero-order valence-corrected chi connectivity index (χ0v) is 12.4. The van der Waals surface area contributed by atoms with Crippen molar-refractivity contribution in [1.29, 1.82) is 0 Å². The van der Waals surface area contributed by atoms with E-state index in [1.807, 2.05) is 42.5 Å². The maximum Gasteiger partial charge on any atom is 0.196 e. The van der Waals surface area contributed by atoms with Gasteiger partial charge < -0.3 is 10.1 Å². The van der Waals surface area contributed by atoms with Crippen LogP contribution in [0, 0.1) is 0 Å². The summed E-state index contributed by atoms with van der Waals surface area (Å²) in [4.78, 5) is 2.99. The van der Waals surface area contributed by atoms with Gasteiger partial charge in [0.2, 0.25) is 0 Å². The fourth-order valence-corrected chi connectivity index (χ4v) is 3.10. The number of aromatic nitrogens is 1. The van der Waals surface area contributed by atoms with Crippen LogP contribution in [0.25, 0.3) is 23.2 Å². The van der Waals surface area contributed by atoms with E-state index in [0.717, 1.165) is 37.1 Å². The van der Waals surface area contributed by atoms with Crippen LogP contribution in [0.1, 0.15) is 5.56 Å². The summed E-state index contributed by atoms with van der Waals surface area (Å²) in [5.41, 5.74) is 2.50. The summed E-state index contributed by atoms with van der Waals surface area (Å²) in [6, 6.07) is 11.7. The Morgan fingerprint density at radius 3 is 3.00 bits per heavy atom. The Morgan fingerprint density at radius 1 is 1.19 bits per heavy atom. The van der Waals surface area contributed by atoms with Crippen molar-refractivity contribution >= 4 is 44.8 Å². The second-order valence-corrected chi connectivity index (χ2v) is 5.71. The van der Waals surface area contributed by atoms with Crippen molar-refractivity contribution in [3.05, 3.63) is 56.9 Å². The fraction of sp³-hybridized carbons (Fsp3) is 0.